The fraction of sp³-hybridized carbons (Fsp3) is 0.550. The second-order valence-electron chi connectivity index (χ2n) is 7.56. The van der Waals surface area contributed by atoms with E-state index in [2.05, 4.69) is 17.2 Å². The van der Waals surface area contributed by atoms with Crippen LogP contribution in [0.4, 0.5) is 4.79 Å². The van der Waals surface area contributed by atoms with E-state index in [1.807, 2.05) is 32.9 Å². The molecule has 0 unspecified atom stereocenters. The highest BCUT2D eigenvalue weighted by Gasteiger charge is 2.32. The zero-order valence-corrected chi connectivity index (χ0v) is 15.2. The summed E-state index contributed by atoms with van der Waals surface area (Å²) in [5.41, 5.74) is 0.0558. The van der Waals surface area contributed by atoms with Crippen LogP contribution in [-0.4, -0.2) is 34.1 Å². The smallest absolute Gasteiger partial charge is 0.407 e. The van der Waals surface area contributed by atoms with Crippen molar-refractivity contribution in [3.8, 4) is 17.6 Å². The molecule has 2 rings (SSSR count). The molecule has 0 bridgehead atoms. The van der Waals surface area contributed by atoms with E-state index in [0.29, 0.717) is 31.2 Å². The molecule has 0 spiro atoms. The van der Waals surface area contributed by atoms with E-state index in [-0.39, 0.29) is 17.9 Å². The molecule has 5 heteroatoms. The first-order valence-electron chi connectivity index (χ1n) is 8.70. The molecule has 1 aromatic carbocycles. The zero-order chi connectivity index (χ0) is 18.5. The van der Waals surface area contributed by atoms with E-state index in [9.17, 15) is 15.0 Å². The molecular weight excluding hydrogens is 318 g/mol. The highest BCUT2D eigenvalue weighted by Crippen LogP contribution is 2.31. The largest absolute Gasteiger partial charge is 0.506 e. The number of rotatable bonds is 4. The number of carbonyl (C=O) groups excluding carboxylic acids is 1. The molecule has 5 nitrogen and oxygen atoms in total. The van der Waals surface area contributed by atoms with Gasteiger partial charge in [-0.15, -0.1) is 0 Å². The van der Waals surface area contributed by atoms with Gasteiger partial charge in [0.15, 0.2) is 0 Å². The molecule has 0 heterocycles. The van der Waals surface area contributed by atoms with Crippen LogP contribution in [0.25, 0.3) is 0 Å². The monoisotopic (exact) mass is 345 g/mol. The number of phenolic OH excluding ortho intramolecular Hbond substituents is 1. The molecule has 0 aliphatic heterocycles. The van der Waals surface area contributed by atoms with Gasteiger partial charge in [0.25, 0.3) is 0 Å². The predicted octanol–water partition coefficient (Wildman–Crippen LogP) is 3.12. The van der Waals surface area contributed by atoms with Crippen molar-refractivity contribution in [3.63, 3.8) is 0 Å². The lowest BCUT2D eigenvalue weighted by Gasteiger charge is -2.30. The SMILES string of the molecule is CC(C)(C)NC(=O)OCCCc1cccc(C#CC2(O)CCC2)c1O. The maximum Gasteiger partial charge on any atom is 0.407 e. The van der Waals surface area contributed by atoms with Gasteiger partial charge in [-0.3, -0.25) is 0 Å². The number of phenols is 1. The fourth-order valence-corrected chi connectivity index (χ4v) is 2.48. The van der Waals surface area contributed by atoms with E-state index in [0.717, 1.165) is 12.0 Å². The lowest BCUT2D eigenvalue weighted by atomic mass is 9.81. The molecule has 25 heavy (non-hydrogen) atoms. The zero-order valence-electron chi connectivity index (χ0n) is 15.2. The molecule has 1 aliphatic carbocycles. The summed E-state index contributed by atoms with van der Waals surface area (Å²) in [6.45, 7) is 5.94. The van der Waals surface area contributed by atoms with Crippen molar-refractivity contribution in [2.24, 2.45) is 0 Å². The topological polar surface area (TPSA) is 78.8 Å². The van der Waals surface area contributed by atoms with Crippen LogP contribution in [0.15, 0.2) is 18.2 Å². The van der Waals surface area contributed by atoms with Crippen LogP contribution in [0.2, 0.25) is 0 Å². The van der Waals surface area contributed by atoms with Crippen molar-refractivity contribution in [2.45, 2.75) is 64.0 Å². The van der Waals surface area contributed by atoms with Crippen molar-refractivity contribution in [1.29, 1.82) is 0 Å². The summed E-state index contributed by atoms with van der Waals surface area (Å²) in [5.74, 6) is 5.87. The van der Waals surface area contributed by atoms with Crippen LogP contribution in [0.5, 0.6) is 5.75 Å². The number of ether oxygens (including phenoxy) is 1. The number of aryl methyl sites for hydroxylation is 1. The number of carbonyl (C=O) groups is 1. The minimum atomic E-state index is -0.892. The molecule has 0 atom stereocenters. The quantitative estimate of drug-likeness (QED) is 0.579. The second kappa shape index (κ2) is 7.79. The normalized spacial score (nSPS) is 15.5. The standard InChI is InChI=1S/C20H27NO4/c1-19(2,3)21-18(23)25-14-5-9-15-7-4-8-16(17(15)22)10-13-20(24)11-6-12-20/h4,7-8,22,24H,5-6,9,11-12,14H2,1-3H3,(H,21,23). The van der Waals surface area contributed by atoms with Crippen molar-refractivity contribution >= 4 is 6.09 Å². The third-order valence-electron chi connectivity index (χ3n) is 4.03. The average molecular weight is 345 g/mol. The first-order valence-corrected chi connectivity index (χ1v) is 8.70. The third-order valence-corrected chi connectivity index (χ3v) is 4.03. The number of aliphatic hydroxyl groups is 1. The molecule has 0 saturated heterocycles. The lowest BCUT2D eigenvalue weighted by molar-refractivity contribution is 0.0239. The molecule has 3 N–H and O–H groups in total. The Bertz CT molecular complexity index is 675. The Labute approximate surface area is 149 Å². The van der Waals surface area contributed by atoms with Crippen molar-refractivity contribution in [2.75, 3.05) is 6.61 Å². The van der Waals surface area contributed by atoms with Gasteiger partial charge in [0.05, 0.1) is 12.2 Å². The molecular formula is C20H27NO4. The van der Waals surface area contributed by atoms with Crippen LogP contribution in [-0.2, 0) is 11.2 Å². The predicted molar refractivity (Wildman–Crippen MR) is 96.3 cm³/mol. The van der Waals surface area contributed by atoms with E-state index >= 15 is 0 Å². The molecule has 0 aromatic heterocycles. The number of para-hydroxylation sites is 1. The maximum atomic E-state index is 11.6. The second-order valence-corrected chi connectivity index (χ2v) is 7.56. The minimum Gasteiger partial charge on any atom is -0.506 e. The Kier molecular flexibility index (Phi) is 5.97. The minimum absolute atomic E-state index is 0.136. The summed E-state index contributed by atoms with van der Waals surface area (Å²) < 4.78 is 5.13. The summed E-state index contributed by atoms with van der Waals surface area (Å²) in [5, 5.41) is 23.1. The van der Waals surface area contributed by atoms with Gasteiger partial charge in [0.2, 0.25) is 0 Å². The van der Waals surface area contributed by atoms with Crippen molar-refractivity contribution in [1.82, 2.24) is 5.32 Å². The van der Waals surface area contributed by atoms with Crippen LogP contribution in [0.3, 0.4) is 0 Å². The number of nitrogens with one attached hydrogen (secondary N) is 1. The Morgan fingerprint density at radius 1 is 1.36 bits per heavy atom. The molecule has 136 valence electrons. The summed E-state index contributed by atoms with van der Waals surface area (Å²) in [7, 11) is 0. The van der Waals surface area contributed by atoms with Crippen LogP contribution < -0.4 is 5.32 Å². The molecule has 0 radical (unpaired) electrons. The third kappa shape index (κ3) is 5.99. The molecule has 1 fully saturated rings. The summed E-state index contributed by atoms with van der Waals surface area (Å²) in [4.78, 5) is 11.6. The van der Waals surface area contributed by atoms with Crippen molar-refractivity contribution in [3.05, 3.63) is 29.3 Å². The van der Waals surface area contributed by atoms with E-state index in [1.165, 1.54) is 0 Å². The van der Waals surface area contributed by atoms with Crippen molar-refractivity contribution < 1.29 is 19.7 Å². The first-order chi connectivity index (χ1) is 11.7. The molecule has 1 aromatic rings. The van der Waals surface area contributed by atoms with E-state index in [4.69, 9.17) is 4.74 Å². The summed E-state index contributed by atoms with van der Waals surface area (Å²) >= 11 is 0. The van der Waals surface area contributed by atoms with Gasteiger partial charge in [0.1, 0.15) is 11.4 Å². The van der Waals surface area contributed by atoms with Crippen LogP contribution >= 0.6 is 0 Å². The van der Waals surface area contributed by atoms with Gasteiger partial charge in [0, 0.05) is 5.54 Å². The number of aromatic hydroxyl groups is 1. The highest BCUT2D eigenvalue weighted by molar-refractivity contribution is 5.68. The van der Waals surface area contributed by atoms with Crippen LogP contribution in [0, 0.1) is 11.8 Å². The Balaban J connectivity index is 1.86. The highest BCUT2D eigenvalue weighted by atomic mass is 16.5. The lowest BCUT2D eigenvalue weighted by Crippen LogP contribution is -2.41. The Hall–Kier alpha value is -2.19. The van der Waals surface area contributed by atoms with Gasteiger partial charge in [-0.05, 0) is 64.5 Å². The number of hydrogen-bond donors (Lipinski definition) is 3. The molecule has 1 saturated carbocycles. The Morgan fingerprint density at radius 2 is 2.08 bits per heavy atom. The number of benzene rings is 1. The number of amides is 1. The van der Waals surface area contributed by atoms with Gasteiger partial charge in [-0.2, -0.15) is 0 Å². The summed E-state index contributed by atoms with van der Waals surface area (Å²) in [6.07, 6.45) is 3.11. The van der Waals surface area contributed by atoms with Gasteiger partial charge < -0.3 is 20.3 Å². The van der Waals surface area contributed by atoms with E-state index < -0.39 is 11.7 Å². The maximum absolute atomic E-state index is 11.6. The molecule has 1 aliphatic rings. The van der Waals surface area contributed by atoms with Gasteiger partial charge in [-0.25, -0.2) is 4.79 Å². The summed E-state index contributed by atoms with van der Waals surface area (Å²) in [6, 6.07) is 5.39. The number of alkyl carbamates (subject to hydrolysis) is 1. The first kappa shape index (κ1) is 19.1. The van der Waals surface area contributed by atoms with Gasteiger partial charge in [-0.1, -0.05) is 24.0 Å². The van der Waals surface area contributed by atoms with E-state index in [1.54, 1.807) is 6.07 Å². The average Bonchev–Trinajstić information content (AvgIpc) is 2.48. The molecule has 1 amide bonds. The van der Waals surface area contributed by atoms with Gasteiger partial charge >= 0.3 is 6.09 Å². The number of hydrogen-bond acceptors (Lipinski definition) is 4. The fourth-order valence-electron chi connectivity index (χ4n) is 2.48. The Morgan fingerprint density at radius 3 is 2.68 bits per heavy atom. The van der Waals surface area contributed by atoms with Crippen LogP contribution in [0.1, 0.15) is 57.6 Å².